The third kappa shape index (κ3) is 2.47. The molecule has 1 N–H and O–H groups in total. The molecule has 0 aromatic carbocycles. The average molecular weight is 343 g/mol. The molecule has 1 saturated heterocycles. The lowest BCUT2D eigenvalue weighted by Gasteiger charge is -2.19. The van der Waals surface area contributed by atoms with Gasteiger partial charge in [-0.25, -0.2) is 8.42 Å². The van der Waals surface area contributed by atoms with Gasteiger partial charge in [0.2, 0.25) is 10.0 Å². The summed E-state index contributed by atoms with van der Waals surface area (Å²) in [6.07, 6.45) is 0.232. The van der Waals surface area contributed by atoms with Crippen LogP contribution in [-0.2, 0) is 15.6 Å². The van der Waals surface area contributed by atoms with Crippen molar-refractivity contribution in [2.45, 2.75) is 37.7 Å². The molecule has 3 heterocycles. The molecule has 1 aliphatic rings. The average Bonchev–Trinajstić information content (AvgIpc) is 3.10. The fourth-order valence-corrected chi connectivity index (χ4v) is 5.65. The molecule has 7 nitrogen and oxygen atoms in total. The summed E-state index contributed by atoms with van der Waals surface area (Å²) in [6, 6.07) is 1.67. The summed E-state index contributed by atoms with van der Waals surface area (Å²) in [7, 11) is -3.63. The van der Waals surface area contributed by atoms with Crippen molar-refractivity contribution in [3.8, 4) is 0 Å². The van der Waals surface area contributed by atoms with Gasteiger partial charge in [-0.3, -0.25) is 0 Å². The van der Waals surface area contributed by atoms with Crippen LogP contribution in [0.15, 0.2) is 15.5 Å². The van der Waals surface area contributed by atoms with Crippen LogP contribution in [0.4, 0.5) is 0 Å². The van der Waals surface area contributed by atoms with Gasteiger partial charge in [0.25, 0.3) is 5.89 Å². The van der Waals surface area contributed by atoms with Crippen molar-refractivity contribution < 1.29 is 18.0 Å². The lowest BCUT2D eigenvalue weighted by molar-refractivity contribution is 0.0194. The minimum Gasteiger partial charge on any atom is -0.379 e. The molecule has 3 rings (SSSR count). The summed E-state index contributed by atoms with van der Waals surface area (Å²) in [4.78, 5) is 6.03. The maximum absolute atomic E-state index is 12.7. The van der Waals surface area contributed by atoms with Crippen LogP contribution >= 0.6 is 11.3 Å². The molecule has 0 amide bonds. The maximum atomic E-state index is 12.7. The molecule has 1 fully saturated rings. The number of aliphatic hydroxyl groups is 1. The Hall–Kier alpha value is -1.29. The van der Waals surface area contributed by atoms with Gasteiger partial charge in [0.05, 0.1) is 11.4 Å². The summed E-state index contributed by atoms with van der Waals surface area (Å²) in [5, 5.41) is 14.3. The molecule has 9 heteroatoms. The second-order valence-corrected chi connectivity index (χ2v) is 8.91. The molecular formula is C13H17N3O4S2. The Morgan fingerprint density at radius 1 is 1.41 bits per heavy atom. The maximum Gasteiger partial charge on any atom is 0.260 e. The molecule has 0 bridgehead atoms. The van der Waals surface area contributed by atoms with E-state index < -0.39 is 15.6 Å². The fourth-order valence-electron chi connectivity index (χ4n) is 2.63. The Morgan fingerprint density at radius 2 is 2.14 bits per heavy atom. The Labute approximate surface area is 132 Å². The lowest BCUT2D eigenvalue weighted by Crippen LogP contribution is -2.34. The molecule has 0 saturated carbocycles. The van der Waals surface area contributed by atoms with Crippen LogP contribution in [0.5, 0.6) is 0 Å². The highest BCUT2D eigenvalue weighted by atomic mass is 32.2. The van der Waals surface area contributed by atoms with Crippen molar-refractivity contribution in [3.05, 3.63) is 27.5 Å². The summed E-state index contributed by atoms with van der Waals surface area (Å²) in [5.74, 6) is 0.481. The summed E-state index contributed by atoms with van der Waals surface area (Å²) in [5.41, 5.74) is -1.42. The van der Waals surface area contributed by atoms with Crippen molar-refractivity contribution in [1.29, 1.82) is 0 Å². The molecule has 1 unspecified atom stereocenters. The van der Waals surface area contributed by atoms with E-state index in [2.05, 4.69) is 10.1 Å². The molecule has 1 aliphatic heterocycles. The molecule has 22 heavy (non-hydrogen) atoms. The third-order valence-corrected chi connectivity index (χ3v) is 6.82. The van der Waals surface area contributed by atoms with E-state index in [-0.39, 0.29) is 25.4 Å². The van der Waals surface area contributed by atoms with E-state index in [0.29, 0.717) is 10.7 Å². The number of aryl methyl sites for hydroxylation is 3. The Bertz CT molecular complexity index is 811. The quantitative estimate of drug-likeness (QED) is 0.903. The molecule has 0 aliphatic carbocycles. The zero-order valence-corrected chi connectivity index (χ0v) is 14.2. The number of thiophene rings is 1. The largest absolute Gasteiger partial charge is 0.379 e. The van der Waals surface area contributed by atoms with Crippen molar-refractivity contribution in [2.75, 3.05) is 13.1 Å². The number of sulfonamides is 1. The van der Waals surface area contributed by atoms with Gasteiger partial charge in [-0.2, -0.15) is 9.29 Å². The normalized spacial score (nSPS) is 23.3. The summed E-state index contributed by atoms with van der Waals surface area (Å²) in [6.45, 7) is 5.45. The highest BCUT2D eigenvalue weighted by Gasteiger charge is 2.47. The first-order valence-corrected chi connectivity index (χ1v) is 9.08. The molecule has 0 radical (unpaired) electrons. The van der Waals surface area contributed by atoms with Gasteiger partial charge in [0.15, 0.2) is 11.4 Å². The van der Waals surface area contributed by atoms with E-state index in [4.69, 9.17) is 4.52 Å². The number of aromatic nitrogens is 2. The van der Waals surface area contributed by atoms with E-state index >= 15 is 0 Å². The van der Waals surface area contributed by atoms with E-state index in [1.54, 1.807) is 19.9 Å². The number of hydrogen-bond acceptors (Lipinski definition) is 7. The Morgan fingerprint density at radius 3 is 2.68 bits per heavy atom. The molecule has 120 valence electrons. The topological polar surface area (TPSA) is 96.5 Å². The van der Waals surface area contributed by atoms with Gasteiger partial charge in [0, 0.05) is 22.7 Å². The van der Waals surface area contributed by atoms with Crippen LogP contribution in [0.1, 0.15) is 27.9 Å². The van der Waals surface area contributed by atoms with E-state index in [1.807, 2.05) is 6.92 Å². The molecule has 2 aromatic rings. The molecular weight excluding hydrogens is 326 g/mol. The van der Waals surface area contributed by atoms with Gasteiger partial charge in [-0.1, -0.05) is 5.16 Å². The lowest BCUT2D eigenvalue weighted by atomic mass is 10.0. The summed E-state index contributed by atoms with van der Waals surface area (Å²) >= 11 is 1.45. The van der Waals surface area contributed by atoms with Gasteiger partial charge < -0.3 is 9.63 Å². The number of β-amino-alcohol motifs (C(OH)–C–C–N with tert-alkyl or cyclic N) is 1. The van der Waals surface area contributed by atoms with Crippen molar-refractivity contribution in [1.82, 2.24) is 14.4 Å². The predicted molar refractivity (Wildman–Crippen MR) is 80.1 cm³/mol. The van der Waals surface area contributed by atoms with E-state index in [1.165, 1.54) is 15.6 Å². The first kappa shape index (κ1) is 15.6. The van der Waals surface area contributed by atoms with Crippen molar-refractivity contribution >= 4 is 21.4 Å². The fraction of sp³-hybridized carbons (Fsp3) is 0.538. The van der Waals surface area contributed by atoms with Crippen LogP contribution in [0.2, 0.25) is 0 Å². The molecule has 0 spiro atoms. The standard InChI is InChI=1S/C13H17N3O4S2/c1-8-6-11(9(2)21-8)22(18,19)16-5-4-13(17,7-16)12-14-10(3)15-20-12/h6,17H,4-5,7H2,1-3H3. The predicted octanol–water partition coefficient (Wildman–Crippen LogP) is 1.34. The zero-order chi connectivity index (χ0) is 16.1. The number of hydrogen-bond donors (Lipinski definition) is 1. The van der Waals surface area contributed by atoms with Crippen molar-refractivity contribution in [2.24, 2.45) is 0 Å². The number of rotatable bonds is 3. The second kappa shape index (κ2) is 5.12. The van der Waals surface area contributed by atoms with Crippen LogP contribution in [0.3, 0.4) is 0 Å². The smallest absolute Gasteiger partial charge is 0.260 e. The summed E-state index contributed by atoms with van der Waals surface area (Å²) < 4.78 is 31.8. The Balaban J connectivity index is 1.90. The van der Waals surface area contributed by atoms with E-state index in [9.17, 15) is 13.5 Å². The SMILES string of the molecule is Cc1noc(C2(O)CCN(S(=O)(=O)c3cc(C)sc3C)C2)n1. The van der Waals surface area contributed by atoms with Gasteiger partial charge in [-0.05, 0) is 26.8 Å². The van der Waals surface area contributed by atoms with Gasteiger partial charge >= 0.3 is 0 Å². The highest BCUT2D eigenvalue weighted by Crippen LogP contribution is 2.36. The van der Waals surface area contributed by atoms with Gasteiger partial charge in [-0.15, -0.1) is 11.3 Å². The third-order valence-electron chi connectivity index (χ3n) is 3.75. The first-order valence-electron chi connectivity index (χ1n) is 6.83. The van der Waals surface area contributed by atoms with E-state index in [0.717, 1.165) is 9.75 Å². The minimum absolute atomic E-state index is 0.0703. The van der Waals surface area contributed by atoms with Crippen LogP contribution < -0.4 is 0 Å². The monoisotopic (exact) mass is 343 g/mol. The minimum atomic E-state index is -3.63. The van der Waals surface area contributed by atoms with Crippen molar-refractivity contribution in [3.63, 3.8) is 0 Å². The van der Waals surface area contributed by atoms with Crippen LogP contribution in [0.25, 0.3) is 0 Å². The van der Waals surface area contributed by atoms with Gasteiger partial charge in [0.1, 0.15) is 0 Å². The zero-order valence-electron chi connectivity index (χ0n) is 12.5. The highest BCUT2D eigenvalue weighted by molar-refractivity contribution is 7.89. The Kier molecular flexibility index (Phi) is 3.63. The molecule has 2 aromatic heterocycles. The second-order valence-electron chi connectivity index (χ2n) is 5.54. The molecule has 1 atom stereocenters. The van der Waals surface area contributed by atoms with Crippen LogP contribution in [0, 0.1) is 20.8 Å². The van der Waals surface area contributed by atoms with Crippen LogP contribution in [-0.4, -0.2) is 41.1 Å². The first-order chi connectivity index (χ1) is 10.2. The number of nitrogens with zero attached hydrogens (tertiary/aromatic N) is 3.